The van der Waals surface area contributed by atoms with E-state index in [9.17, 15) is 10.1 Å². The van der Waals surface area contributed by atoms with Crippen LogP contribution in [0.5, 0.6) is 0 Å². The molecule has 0 aliphatic heterocycles. The second-order valence-corrected chi connectivity index (χ2v) is 11.6. The SMILES string of the molecule is CC(=O)NC12CCC(c3nnc(-c4cnc(-c5ccc6cc(C#N)cnn56)cc4NC(C)C)s3)(CC1)C2. The van der Waals surface area contributed by atoms with E-state index in [2.05, 4.69) is 45.8 Å². The number of carbonyl (C=O) groups is 1. The lowest BCUT2D eigenvalue weighted by atomic mass is 9.85. The molecule has 0 atom stereocenters. The van der Waals surface area contributed by atoms with Crippen LogP contribution in [0.3, 0.4) is 0 Å². The molecule has 9 nitrogen and oxygen atoms in total. The normalized spacial score (nSPS) is 22.5. The first-order chi connectivity index (χ1) is 17.8. The van der Waals surface area contributed by atoms with Crippen molar-refractivity contribution >= 4 is 28.4 Å². The molecule has 2 aliphatic carbocycles. The van der Waals surface area contributed by atoms with Crippen molar-refractivity contribution in [3.05, 3.63) is 47.2 Å². The predicted octanol–water partition coefficient (Wildman–Crippen LogP) is 4.70. The number of hydrogen-bond acceptors (Lipinski definition) is 8. The van der Waals surface area contributed by atoms with Crippen LogP contribution in [-0.2, 0) is 10.2 Å². The smallest absolute Gasteiger partial charge is 0.217 e. The van der Waals surface area contributed by atoms with Crippen LogP contribution >= 0.6 is 11.3 Å². The summed E-state index contributed by atoms with van der Waals surface area (Å²) in [6, 6.07) is 10.1. The number of rotatable bonds is 6. The third-order valence-electron chi connectivity index (χ3n) is 7.63. The van der Waals surface area contributed by atoms with Crippen LogP contribution in [0.2, 0.25) is 0 Å². The first kappa shape index (κ1) is 23.6. The third-order valence-corrected chi connectivity index (χ3v) is 8.83. The maximum Gasteiger partial charge on any atom is 0.217 e. The highest BCUT2D eigenvalue weighted by Gasteiger charge is 2.57. The molecule has 2 N–H and O–H groups in total. The van der Waals surface area contributed by atoms with Crippen molar-refractivity contribution in [1.82, 2.24) is 30.1 Å². The summed E-state index contributed by atoms with van der Waals surface area (Å²) in [7, 11) is 0. The van der Waals surface area contributed by atoms with Crippen LogP contribution in [0.25, 0.3) is 27.5 Å². The lowest BCUT2D eigenvalue weighted by Gasteiger charge is -2.27. The Morgan fingerprint density at radius 2 is 1.97 bits per heavy atom. The zero-order chi connectivity index (χ0) is 25.8. The Balaban J connectivity index is 1.35. The molecule has 2 saturated carbocycles. The molecule has 2 bridgehead atoms. The van der Waals surface area contributed by atoms with E-state index in [1.54, 1.807) is 29.0 Å². The van der Waals surface area contributed by atoms with Gasteiger partial charge in [0.25, 0.3) is 0 Å². The standard InChI is InChI=1S/C27H28N8OS/c1-16(2)31-21-11-22(23-5-4-19-10-18(12-28)13-30-35(19)23)29-14-20(21)24-33-34-25(37-24)26-6-8-27(15-26,9-7-26)32-17(3)36/h4-5,10-11,13-14,16H,6-9,15H2,1-3H3,(H,29,31)(H,32,36). The molecule has 0 unspecified atom stereocenters. The number of pyridine rings is 1. The Bertz CT molecular complexity index is 1550. The minimum atomic E-state index is -0.0900. The van der Waals surface area contributed by atoms with E-state index in [0.29, 0.717) is 5.56 Å². The van der Waals surface area contributed by atoms with Crippen molar-refractivity contribution in [2.24, 2.45) is 0 Å². The monoisotopic (exact) mass is 512 g/mol. The largest absolute Gasteiger partial charge is 0.382 e. The van der Waals surface area contributed by atoms with E-state index < -0.39 is 0 Å². The van der Waals surface area contributed by atoms with Gasteiger partial charge in [-0.15, -0.1) is 10.2 Å². The third kappa shape index (κ3) is 4.03. The van der Waals surface area contributed by atoms with Crippen LogP contribution in [0.1, 0.15) is 63.4 Å². The first-order valence-electron chi connectivity index (χ1n) is 12.6. The van der Waals surface area contributed by atoms with Gasteiger partial charge in [0, 0.05) is 35.8 Å². The van der Waals surface area contributed by atoms with Gasteiger partial charge < -0.3 is 10.6 Å². The fourth-order valence-corrected chi connectivity index (χ4v) is 7.15. The number of amides is 1. The van der Waals surface area contributed by atoms with E-state index in [1.807, 2.05) is 30.5 Å². The highest BCUT2D eigenvalue weighted by molar-refractivity contribution is 7.14. The summed E-state index contributed by atoms with van der Waals surface area (Å²) in [4.78, 5) is 16.6. The van der Waals surface area contributed by atoms with Crippen molar-refractivity contribution in [3.63, 3.8) is 0 Å². The Morgan fingerprint density at radius 1 is 1.16 bits per heavy atom. The summed E-state index contributed by atoms with van der Waals surface area (Å²) in [5.41, 5.74) is 4.75. The molecule has 4 heterocycles. The predicted molar refractivity (Wildman–Crippen MR) is 142 cm³/mol. The van der Waals surface area contributed by atoms with Crippen LogP contribution in [0.15, 0.2) is 36.7 Å². The Kier molecular flexibility index (Phi) is 5.49. The molecule has 1 amide bonds. The van der Waals surface area contributed by atoms with Crippen molar-refractivity contribution in [2.75, 3.05) is 5.32 Å². The van der Waals surface area contributed by atoms with Crippen molar-refractivity contribution in [2.45, 2.75) is 69.9 Å². The number of nitrogens with zero attached hydrogens (tertiary/aromatic N) is 6. The number of aromatic nitrogens is 5. The van der Waals surface area contributed by atoms with Gasteiger partial charge in [0.15, 0.2) is 5.01 Å². The molecule has 10 heteroatoms. The van der Waals surface area contributed by atoms with Crippen molar-refractivity contribution in [3.8, 4) is 28.0 Å². The van der Waals surface area contributed by atoms with Gasteiger partial charge in [-0.05, 0) is 70.2 Å². The average molecular weight is 513 g/mol. The van der Waals surface area contributed by atoms with E-state index in [0.717, 1.165) is 70.3 Å². The quantitative estimate of drug-likeness (QED) is 0.384. The molecular formula is C27H28N8OS. The van der Waals surface area contributed by atoms with Crippen LogP contribution < -0.4 is 10.6 Å². The van der Waals surface area contributed by atoms with Gasteiger partial charge in [-0.2, -0.15) is 10.4 Å². The second-order valence-electron chi connectivity index (χ2n) is 10.7. The number of carbonyl (C=O) groups excluding carboxylic acids is 1. The number of nitrogens with one attached hydrogen (secondary N) is 2. The maximum atomic E-state index is 11.8. The van der Waals surface area contributed by atoms with E-state index in [4.69, 9.17) is 4.98 Å². The van der Waals surface area contributed by atoms with Gasteiger partial charge in [-0.3, -0.25) is 9.78 Å². The van der Waals surface area contributed by atoms with Crippen molar-refractivity contribution < 1.29 is 4.79 Å². The minimum Gasteiger partial charge on any atom is -0.382 e. The van der Waals surface area contributed by atoms with Crippen LogP contribution in [0, 0.1) is 11.3 Å². The fraction of sp³-hybridized carbons (Fsp3) is 0.407. The van der Waals surface area contributed by atoms with Gasteiger partial charge in [0.05, 0.1) is 34.2 Å². The zero-order valence-corrected chi connectivity index (χ0v) is 21.9. The molecule has 2 fully saturated rings. The Labute approximate surface area is 219 Å². The lowest BCUT2D eigenvalue weighted by molar-refractivity contribution is -0.120. The summed E-state index contributed by atoms with van der Waals surface area (Å²) in [5.74, 6) is 0.0442. The molecule has 2 aliphatic rings. The van der Waals surface area contributed by atoms with Crippen LogP contribution in [-0.4, -0.2) is 42.3 Å². The Morgan fingerprint density at radius 3 is 2.70 bits per heavy atom. The molecule has 0 spiro atoms. The first-order valence-corrected chi connectivity index (χ1v) is 13.4. The summed E-state index contributed by atoms with van der Waals surface area (Å²) < 4.78 is 1.80. The van der Waals surface area contributed by atoms with Gasteiger partial charge in [-0.1, -0.05) is 11.3 Å². The molecule has 37 heavy (non-hydrogen) atoms. The highest BCUT2D eigenvalue weighted by Crippen LogP contribution is 2.58. The lowest BCUT2D eigenvalue weighted by Crippen LogP contribution is -2.43. The molecule has 0 saturated heterocycles. The van der Waals surface area contributed by atoms with Gasteiger partial charge in [0.2, 0.25) is 5.91 Å². The zero-order valence-electron chi connectivity index (χ0n) is 21.1. The topological polar surface area (TPSA) is 121 Å². The van der Waals surface area contributed by atoms with Crippen molar-refractivity contribution in [1.29, 1.82) is 5.26 Å². The number of hydrogen-bond donors (Lipinski definition) is 2. The van der Waals surface area contributed by atoms with E-state index in [1.165, 1.54) is 0 Å². The average Bonchev–Trinajstić information content (AvgIpc) is 3.65. The van der Waals surface area contributed by atoms with E-state index >= 15 is 0 Å². The summed E-state index contributed by atoms with van der Waals surface area (Å²) in [5, 5.41) is 31.6. The Hall–Kier alpha value is -3.84. The molecule has 0 radical (unpaired) electrons. The second kappa shape index (κ2) is 8.63. The fourth-order valence-electron chi connectivity index (χ4n) is 6.04. The van der Waals surface area contributed by atoms with Gasteiger partial charge in [0.1, 0.15) is 11.1 Å². The van der Waals surface area contributed by atoms with E-state index in [-0.39, 0.29) is 22.9 Å². The number of fused-ring (bicyclic) bond motifs is 3. The van der Waals surface area contributed by atoms with Gasteiger partial charge in [-0.25, -0.2) is 4.52 Å². The van der Waals surface area contributed by atoms with Gasteiger partial charge >= 0.3 is 0 Å². The molecule has 0 aromatic carbocycles. The number of nitriles is 1. The minimum absolute atomic E-state index is 0.00380. The molecule has 6 rings (SSSR count). The molecular weight excluding hydrogens is 484 g/mol. The van der Waals surface area contributed by atoms with Crippen LogP contribution in [0.4, 0.5) is 5.69 Å². The molecule has 4 aromatic rings. The molecule has 188 valence electrons. The highest BCUT2D eigenvalue weighted by atomic mass is 32.1. The maximum absolute atomic E-state index is 11.8. The summed E-state index contributed by atoms with van der Waals surface area (Å²) in [6.45, 7) is 5.81. The molecule has 4 aromatic heterocycles. The number of anilines is 1. The summed E-state index contributed by atoms with van der Waals surface area (Å²) in [6.07, 6.45) is 8.39. The summed E-state index contributed by atoms with van der Waals surface area (Å²) >= 11 is 1.64.